The van der Waals surface area contributed by atoms with Gasteiger partial charge in [-0.2, -0.15) is 0 Å². The van der Waals surface area contributed by atoms with Crippen LogP contribution in [0.15, 0.2) is 48.5 Å². The molecule has 2 aromatic rings. The summed E-state index contributed by atoms with van der Waals surface area (Å²) in [5, 5.41) is 9.05. The van der Waals surface area contributed by atoms with Gasteiger partial charge in [0.05, 0.1) is 0 Å². The third kappa shape index (κ3) is 4.72. The predicted molar refractivity (Wildman–Crippen MR) is 93.0 cm³/mol. The fourth-order valence-electron chi connectivity index (χ4n) is 1.99. The van der Waals surface area contributed by atoms with E-state index in [1.807, 2.05) is 0 Å². The van der Waals surface area contributed by atoms with Crippen molar-refractivity contribution in [2.45, 2.75) is 13.0 Å². The maximum absolute atomic E-state index is 12.2. The Hall–Kier alpha value is -2.53. The predicted octanol–water partition coefficient (Wildman–Crippen LogP) is 3.14. The number of amides is 2. The van der Waals surface area contributed by atoms with E-state index in [1.165, 1.54) is 0 Å². The van der Waals surface area contributed by atoms with E-state index < -0.39 is 6.04 Å². The van der Waals surface area contributed by atoms with Crippen molar-refractivity contribution in [3.8, 4) is 0 Å². The van der Waals surface area contributed by atoms with E-state index in [0.717, 1.165) is 0 Å². The van der Waals surface area contributed by atoms with Gasteiger partial charge in [-0.3, -0.25) is 9.59 Å². The monoisotopic (exact) mass is 331 g/mol. The maximum Gasteiger partial charge on any atom is 0.251 e. The van der Waals surface area contributed by atoms with Crippen LogP contribution in [-0.4, -0.2) is 24.9 Å². The van der Waals surface area contributed by atoms with Gasteiger partial charge in [0, 0.05) is 29.0 Å². The standard InChI is InChI=1S/C17H18ClN3O2/c1-11(16(22)21-14-8-6-13(18)7-9-14)20-15-5-3-4-12(10-15)17(23)19-2/h3-11,20H,1-2H3,(H,19,23)(H,21,22). The molecule has 2 amide bonds. The Kier molecular flexibility index (Phi) is 5.60. The summed E-state index contributed by atoms with van der Waals surface area (Å²) in [7, 11) is 1.57. The van der Waals surface area contributed by atoms with Crippen molar-refractivity contribution in [3.63, 3.8) is 0 Å². The molecule has 0 aliphatic heterocycles. The molecule has 5 nitrogen and oxygen atoms in total. The molecular formula is C17H18ClN3O2. The van der Waals surface area contributed by atoms with Crippen LogP contribution < -0.4 is 16.0 Å². The number of benzene rings is 2. The normalized spacial score (nSPS) is 11.4. The minimum absolute atomic E-state index is 0.174. The summed E-state index contributed by atoms with van der Waals surface area (Å²) < 4.78 is 0. The fraction of sp³-hybridized carbons (Fsp3) is 0.176. The second kappa shape index (κ2) is 7.65. The van der Waals surface area contributed by atoms with Crippen LogP contribution in [0.2, 0.25) is 5.02 Å². The lowest BCUT2D eigenvalue weighted by molar-refractivity contribution is -0.116. The number of hydrogen-bond donors (Lipinski definition) is 3. The minimum Gasteiger partial charge on any atom is -0.374 e. The number of hydrogen-bond acceptors (Lipinski definition) is 3. The third-order valence-electron chi connectivity index (χ3n) is 3.24. The van der Waals surface area contributed by atoms with Gasteiger partial charge in [-0.1, -0.05) is 17.7 Å². The lowest BCUT2D eigenvalue weighted by Gasteiger charge is -2.16. The molecule has 120 valence electrons. The van der Waals surface area contributed by atoms with Crippen LogP contribution in [0.25, 0.3) is 0 Å². The van der Waals surface area contributed by atoms with E-state index in [0.29, 0.717) is 22.0 Å². The topological polar surface area (TPSA) is 70.2 Å². The molecule has 0 bridgehead atoms. The Balaban J connectivity index is 2.00. The van der Waals surface area contributed by atoms with Crippen molar-refractivity contribution in [1.82, 2.24) is 5.32 Å². The summed E-state index contributed by atoms with van der Waals surface area (Å²) in [6.07, 6.45) is 0. The molecule has 23 heavy (non-hydrogen) atoms. The molecule has 0 saturated carbocycles. The number of rotatable bonds is 5. The second-order valence-corrected chi connectivity index (χ2v) is 5.46. The van der Waals surface area contributed by atoms with Crippen LogP contribution in [0.3, 0.4) is 0 Å². The van der Waals surface area contributed by atoms with Gasteiger partial charge >= 0.3 is 0 Å². The molecule has 2 aromatic carbocycles. The summed E-state index contributed by atoms with van der Waals surface area (Å²) in [5.41, 5.74) is 1.90. The SMILES string of the molecule is CNC(=O)c1cccc(NC(C)C(=O)Nc2ccc(Cl)cc2)c1. The molecule has 0 spiro atoms. The van der Waals surface area contributed by atoms with E-state index in [-0.39, 0.29) is 11.8 Å². The van der Waals surface area contributed by atoms with Crippen molar-refractivity contribution in [3.05, 3.63) is 59.1 Å². The molecule has 6 heteroatoms. The minimum atomic E-state index is -0.467. The van der Waals surface area contributed by atoms with Crippen molar-refractivity contribution in [1.29, 1.82) is 0 Å². The first-order chi connectivity index (χ1) is 11.0. The third-order valence-corrected chi connectivity index (χ3v) is 3.49. The van der Waals surface area contributed by atoms with Crippen LogP contribution in [-0.2, 0) is 4.79 Å². The second-order valence-electron chi connectivity index (χ2n) is 5.02. The molecule has 0 aliphatic carbocycles. The maximum atomic E-state index is 12.2. The highest BCUT2D eigenvalue weighted by Gasteiger charge is 2.13. The van der Waals surface area contributed by atoms with Crippen LogP contribution in [0.4, 0.5) is 11.4 Å². The first-order valence-corrected chi connectivity index (χ1v) is 7.52. The van der Waals surface area contributed by atoms with Crippen LogP contribution >= 0.6 is 11.6 Å². The molecular weight excluding hydrogens is 314 g/mol. The first kappa shape index (κ1) is 16.8. The quantitative estimate of drug-likeness (QED) is 0.788. The van der Waals surface area contributed by atoms with Gasteiger partial charge in [-0.25, -0.2) is 0 Å². The average Bonchev–Trinajstić information content (AvgIpc) is 2.56. The van der Waals surface area contributed by atoms with Gasteiger partial charge < -0.3 is 16.0 Å². The van der Waals surface area contributed by atoms with E-state index in [4.69, 9.17) is 11.6 Å². The van der Waals surface area contributed by atoms with Crippen molar-refractivity contribution < 1.29 is 9.59 Å². The van der Waals surface area contributed by atoms with Gasteiger partial charge in [0.15, 0.2) is 0 Å². The molecule has 1 atom stereocenters. The average molecular weight is 332 g/mol. The molecule has 0 heterocycles. The fourth-order valence-corrected chi connectivity index (χ4v) is 2.12. The Morgan fingerprint density at radius 1 is 1.04 bits per heavy atom. The number of nitrogens with one attached hydrogen (secondary N) is 3. The summed E-state index contributed by atoms with van der Waals surface area (Å²) in [6, 6.07) is 13.4. The molecule has 0 radical (unpaired) electrons. The van der Waals surface area contributed by atoms with Gasteiger partial charge in [0.1, 0.15) is 6.04 Å². The summed E-state index contributed by atoms with van der Waals surface area (Å²) >= 11 is 5.81. The Labute approximate surface area is 140 Å². The van der Waals surface area contributed by atoms with Crippen LogP contribution in [0.1, 0.15) is 17.3 Å². The molecule has 0 saturated heterocycles. The number of carbonyl (C=O) groups excluding carboxylic acids is 2. The van der Waals surface area contributed by atoms with Gasteiger partial charge in [0.2, 0.25) is 5.91 Å². The van der Waals surface area contributed by atoms with E-state index in [1.54, 1.807) is 62.5 Å². The highest BCUT2D eigenvalue weighted by molar-refractivity contribution is 6.30. The van der Waals surface area contributed by atoms with E-state index in [9.17, 15) is 9.59 Å². The zero-order valence-corrected chi connectivity index (χ0v) is 13.6. The largest absolute Gasteiger partial charge is 0.374 e. The molecule has 0 aliphatic rings. The molecule has 1 unspecified atom stereocenters. The summed E-state index contributed by atoms with van der Waals surface area (Å²) in [5.74, 6) is -0.357. The van der Waals surface area contributed by atoms with Crippen LogP contribution in [0.5, 0.6) is 0 Å². The number of anilines is 2. The van der Waals surface area contributed by atoms with Crippen LogP contribution in [0, 0.1) is 0 Å². The first-order valence-electron chi connectivity index (χ1n) is 7.14. The van der Waals surface area contributed by atoms with Gasteiger partial charge in [0.25, 0.3) is 5.91 Å². The lowest BCUT2D eigenvalue weighted by Crippen LogP contribution is -2.32. The van der Waals surface area contributed by atoms with E-state index in [2.05, 4.69) is 16.0 Å². The van der Waals surface area contributed by atoms with Crippen molar-refractivity contribution in [2.75, 3.05) is 17.7 Å². The molecule has 2 rings (SSSR count). The Bertz CT molecular complexity index is 701. The Morgan fingerprint density at radius 3 is 2.39 bits per heavy atom. The molecule has 0 fully saturated rings. The van der Waals surface area contributed by atoms with Crippen molar-refractivity contribution in [2.24, 2.45) is 0 Å². The number of halogens is 1. The highest BCUT2D eigenvalue weighted by atomic mass is 35.5. The zero-order chi connectivity index (χ0) is 16.8. The highest BCUT2D eigenvalue weighted by Crippen LogP contribution is 2.15. The van der Waals surface area contributed by atoms with E-state index >= 15 is 0 Å². The van der Waals surface area contributed by atoms with Gasteiger partial charge in [-0.15, -0.1) is 0 Å². The summed E-state index contributed by atoms with van der Waals surface area (Å²) in [6.45, 7) is 1.75. The zero-order valence-electron chi connectivity index (χ0n) is 12.9. The van der Waals surface area contributed by atoms with Gasteiger partial charge in [-0.05, 0) is 49.4 Å². The smallest absolute Gasteiger partial charge is 0.251 e. The Morgan fingerprint density at radius 2 is 1.74 bits per heavy atom. The number of carbonyl (C=O) groups is 2. The molecule has 3 N–H and O–H groups in total. The summed E-state index contributed by atoms with van der Waals surface area (Å²) in [4.78, 5) is 23.8. The van der Waals surface area contributed by atoms with Crippen molar-refractivity contribution >= 4 is 34.8 Å². The lowest BCUT2D eigenvalue weighted by atomic mass is 10.1. The molecule has 0 aromatic heterocycles.